The minimum absolute atomic E-state index is 0.558. The number of amidine groups is 1. The van der Waals surface area contributed by atoms with Crippen LogP contribution in [-0.2, 0) is 9.59 Å². The highest BCUT2D eigenvalue weighted by Gasteiger charge is 2.19. The predicted octanol–water partition coefficient (Wildman–Crippen LogP) is 0.159. The van der Waals surface area contributed by atoms with Gasteiger partial charge in [0.25, 0.3) is 0 Å². The van der Waals surface area contributed by atoms with E-state index in [-0.39, 0.29) is 0 Å². The van der Waals surface area contributed by atoms with Crippen LogP contribution >= 0.6 is 11.8 Å². The Balaban J connectivity index is 0.000000172. The van der Waals surface area contributed by atoms with Gasteiger partial charge in [-0.15, -0.1) is 0 Å². The lowest BCUT2D eigenvalue weighted by molar-refractivity contribution is -0.134. The molecule has 6 nitrogen and oxygen atoms in total. The quantitative estimate of drug-likeness (QED) is 0.686. The Morgan fingerprint density at radius 3 is 2.41 bits per heavy atom. The van der Waals surface area contributed by atoms with Crippen LogP contribution in [0.1, 0.15) is 0 Å². The minimum atomic E-state index is -1.26. The number of hydrogen-bond donors (Lipinski definition) is 2. The molecule has 2 N–H and O–H groups in total. The summed E-state index contributed by atoms with van der Waals surface area (Å²) in [6.45, 7) is 3.44. The third-order valence-corrected chi connectivity index (χ3v) is 3.07. The molecule has 1 saturated heterocycles. The minimum Gasteiger partial charge on any atom is -0.478 e. The van der Waals surface area contributed by atoms with Crippen molar-refractivity contribution in [1.29, 1.82) is 0 Å². The van der Waals surface area contributed by atoms with Gasteiger partial charge in [-0.25, -0.2) is 9.59 Å². The summed E-state index contributed by atoms with van der Waals surface area (Å²) in [7, 11) is 0. The maximum Gasteiger partial charge on any atom is 0.328 e. The van der Waals surface area contributed by atoms with Crippen molar-refractivity contribution < 1.29 is 19.8 Å². The lowest BCUT2D eigenvalue weighted by atomic mass is 10.5. The molecule has 0 unspecified atom stereocenters. The Hall–Kier alpha value is -1.50. The molecule has 2 aliphatic rings. The zero-order chi connectivity index (χ0) is 12.7. The van der Waals surface area contributed by atoms with Crippen molar-refractivity contribution in [3.05, 3.63) is 12.2 Å². The molecule has 94 valence electrons. The molecule has 0 saturated carbocycles. The number of rotatable bonds is 2. The maximum absolute atomic E-state index is 9.55. The molecule has 7 heteroatoms. The highest BCUT2D eigenvalue weighted by Crippen LogP contribution is 2.14. The number of carbonyl (C=O) groups is 2. The molecule has 0 aromatic rings. The van der Waals surface area contributed by atoms with Crippen molar-refractivity contribution in [2.75, 3.05) is 31.1 Å². The molecule has 0 aromatic heterocycles. The molecule has 2 rings (SSSR count). The molecule has 0 atom stereocenters. The van der Waals surface area contributed by atoms with E-state index < -0.39 is 11.9 Å². The number of aliphatic imine (C=N–C) groups is 1. The zero-order valence-electron chi connectivity index (χ0n) is 9.20. The van der Waals surface area contributed by atoms with Crippen molar-refractivity contribution in [3.63, 3.8) is 0 Å². The van der Waals surface area contributed by atoms with Crippen LogP contribution < -0.4 is 0 Å². The normalized spacial score (nSPS) is 18.1. The van der Waals surface area contributed by atoms with Gasteiger partial charge in [0.15, 0.2) is 0 Å². The van der Waals surface area contributed by atoms with Crippen molar-refractivity contribution in [1.82, 2.24) is 4.90 Å². The summed E-state index contributed by atoms with van der Waals surface area (Å²) < 4.78 is 0. The summed E-state index contributed by atoms with van der Waals surface area (Å²) in [6.07, 6.45) is 1.12. The Bertz CT molecular complexity index is 338. The molecular formula is C10H14N2O4S. The van der Waals surface area contributed by atoms with Crippen LogP contribution in [0.5, 0.6) is 0 Å². The van der Waals surface area contributed by atoms with Crippen LogP contribution in [0.4, 0.5) is 0 Å². The molecule has 0 radical (unpaired) electrons. The summed E-state index contributed by atoms with van der Waals surface area (Å²) >= 11 is 2.00. The van der Waals surface area contributed by atoms with E-state index in [9.17, 15) is 9.59 Å². The lowest BCUT2D eigenvalue weighted by Gasteiger charge is -2.24. The Kier molecular flexibility index (Phi) is 5.55. The van der Waals surface area contributed by atoms with Crippen LogP contribution in [0.2, 0.25) is 0 Å². The van der Waals surface area contributed by atoms with E-state index >= 15 is 0 Å². The fourth-order valence-electron chi connectivity index (χ4n) is 1.39. The van der Waals surface area contributed by atoms with Gasteiger partial charge in [0.2, 0.25) is 0 Å². The highest BCUT2D eigenvalue weighted by molar-refractivity contribution is 8.00. The number of fused-ring (bicyclic) bond motifs is 1. The number of hydrogen-bond acceptors (Lipinski definition) is 5. The van der Waals surface area contributed by atoms with Crippen LogP contribution in [0, 0.1) is 0 Å². The van der Waals surface area contributed by atoms with Crippen molar-refractivity contribution in [2.24, 2.45) is 4.99 Å². The molecule has 2 heterocycles. The predicted molar refractivity (Wildman–Crippen MR) is 65.6 cm³/mol. The van der Waals surface area contributed by atoms with Gasteiger partial charge in [-0.1, -0.05) is 0 Å². The van der Waals surface area contributed by atoms with Gasteiger partial charge in [-0.05, 0) is 0 Å². The monoisotopic (exact) mass is 258 g/mol. The van der Waals surface area contributed by atoms with Crippen LogP contribution in [0.3, 0.4) is 0 Å². The second kappa shape index (κ2) is 6.95. The first-order valence-electron chi connectivity index (χ1n) is 5.09. The second-order valence-corrected chi connectivity index (χ2v) is 4.45. The van der Waals surface area contributed by atoms with E-state index in [1.165, 1.54) is 24.7 Å². The summed E-state index contributed by atoms with van der Waals surface area (Å²) in [6, 6.07) is 0. The average Bonchev–Trinajstić information content (AvgIpc) is 2.75. The Morgan fingerprint density at radius 1 is 1.24 bits per heavy atom. The largest absolute Gasteiger partial charge is 0.478 e. The average molecular weight is 258 g/mol. The van der Waals surface area contributed by atoms with Crippen molar-refractivity contribution >= 4 is 29.5 Å². The third kappa shape index (κ3) is 5.39. The molecule has 0 aliphatic carbocycles. The number of nitrogens with zero attached hydrogens (tertiary/aromatic N) is 2. The molecule has 1 fully saturated rings. The van der Waals surface area contributed by atoms with Gasteiger partial charge in [0.1, 0.15) is 5.84 Å². The molecule has 0 bridgehead atoms. The standard InChI is InChI=1S/C6H10N2S.C4H4O4/c1-2-8-3-4-9-5-6(8)7-1;5-3(6)1-2-4(7)8/h1-5H2;1-2H,(H,5,6)(H,7,8)/b;2-1+. The van der Waals surface area contributed by atoms with E-state index in [1.54, 1.807) is 0 Å². The van der Waals surface area contributed by atoms with E-state index in [1.807, 2.05) is 11.8 Å². The second-order valence-electron chi connectivity index (χ2n) is 3.35. The first-order chi connectivity index (χ1) is 8.09. The summed E-state index contributed by atoms with van der Waals surface area (Å²) in [5.74, 6) is 1.27. The van der Waals surface area contributed by atoms with Gasteiger partial charge in [0.05, 0.1) is 12.3 Å². The van der Waals surface area contributed by atoms with Crippen LogP contribution in [0.15, 0.2) is 17.1 Å². The maximum atomic E-state index is 9.55. The number of thioether (sulfide) groups is 1. The SMILES string of the molecule is C1CN2CCSCC2=N1.O=C(O)/C=C/C(=O)O. The zero-order valence-corrected chi connectivity index (χ0v) is 10.0. The van der Waals surface area contributed by atoms with Gasteiger partial charge in [-0.3, -0.25) is 4.99 Å². The lowest BCUT2D eigenvalue weighted by Crippen LogP contribution is -2.35. The number of carboxylic acids is 2. The molecule has 0 spiro atoms. The third-order valence-electron chi connectivity index (χ3n) is 2.13. The molecule has 0 amide bonds. The number of aliphatic carboxylic acids is 2. The van der Waals surface area contributed by atoms with E-state index in [0.717, 1.165) is 12.3 Å². The van der Waals surface area contributed by atoms with E-state index in [4.69, 9.17) is 10.2 Å². The first-order valence-corrected chi connectivity index (χ1v) is 6.25. The van der Waals surface area contributed by atoms with Crippen molar-refractivity contribution in [3.8, 4) is 0 Å². The van der Waals surface area contributed by atoms with E-state index in [2.05, 4.69) is 9.89 Å². The van der Waals surface area contributed by atoms with E-state index in [0.29, 0.717) is 12.2 Å². The summed E-state index contributed by atoms with van der Waals surface area (Å²) in [5, 5.41) is 15.6. The van der Waals surface area contributed by atoms with Gasteiger partial charge >= 0.3 is 11.9 Å². The molecule has 17 heavy (non-hydrogen) atoms. The van der Waals surface area contributed by atoms with Crippen molar-refractivity contribution in [2.45, 2.75) is 0 Å². The highest BCUT2D eigenvalue weighted by atomic mass is 32.2. The Labute approximate surface area is 103 Å². The smallest absolute Gasteiger partial charge is 0.328 e. The van der Waals surface area contributed by atoms with Crippen LogP contribution in [0.25, 0.3) is 0 Å². The fourth-order valence-corrected chi connectivity index (χ4v) is 2.34. The molecule has 2 aliphatic heterocycles. The fraction of sp³-hybridized carbons (Fsp3) is 0.500. The summed E-state index contributed by atoms with van der Waals surface area (Å²) in [4.78, 5) is 25.9. The number of carboxylic acid groups (broad SMARTS) is 2. The Morgan fingerprint density at radius 2 is 1.88 bits per heavy atom. The van der Waals surface area contributed by atoms with Gasteiger partial charge in [0, 0.05) is 31.0 Å². The first kappa shape index (κ1) is 13.6. The van der Waals surface area contributed by atoms with Gasteiger partial charge in [-0.2, -0.15) is 11.8 Å². The molecule has 0 aromatic carbocycles. The molecular weight excluding hydrogens is 244 g/mol. The topological polar surface area (TPSA) is 90.2 Å². The van der Waals surface area contributed by atoms with Gasteiger partial charge < -0.3 is 15.1 Å². The van der Waals surface area contributed by atoms with Crippen LogP contribution in [-0.4, -0.2) is 64.0 Å². The summed E-state index contributed by atoms with van der Waals surface area (Å²) in [5.41, 5.74) is 0.